The number of fused-ring (bicyclic) bond motifs is 1. The number of rotatable bonds is 5. The van der Waals surface area contributed by atoms with Crippen molar-refractivity contribution in [3.63, 3.8) is 0 Å². The van der Waals surface area contributed by atoms with Crippen LogP contribution in [0, 0.1) is 6.92 Å². The minimum Gasteiger partial charge on any atom is -0.308 e. The van der Waals surface area contributed by atoms with Crippen molar-refractivity contribution in [3.05, 3.63) is 89.1 Å². The number of hydrogen-bond donors (Lipinski definition) is 0. The average Bonchev–Trinajstić information content (AvgIpc) is 2.78. The molecule has 4 rings (SSSR count). The van der Waals surface area contributed by atoms with E-state index in [0.29, 0.717) is 5.56 Å². The third-order valence-electron chi connectivity index (χ3n) is 5.61. The number of hydrogen-bond acceptors (Lipinski definition) is 3. The number of benzene rings is 2. The minimum atomic E-state index is 0.0137. The Bertz CT molecular complexity index is 1080. The second-order valence-corrected chi connectivity index (χ2v) is 8.41. The van der Waals surface area contributed by atoms with Crippen molar-refractivity contribution < 1.29 is 4.79 Å². The molecule has 0 spiro atoms. The van der Waals surface area contributed by atoms with Gasteiger partial charge in [0.25, 0.3) is 5.91 Å². The van der Waals surface area contributed by atoms with Crippen LogP contribution in [0.15, 0.2) is 66.9 Å². The van der Waals surface area contributed by atoms with Crippen molar-refractivity contribution in [1.29, 1.82) is 0 Å². The Hall–Kier alpha value is -3.24. The van der Waals surface area contributed by atoms with Gasteiger partial charge in [-0.2, -0.15) is 0 Å². The van der Waals surface area contributed by atoms with Crippen molar-refractivity contribution >= 4 is 17.7 Å². The molecule has 0 unspecified atom stereocenters. The number of aromatic nitrogens is 1. The highest BCUT2D eigenvalue weighted by Crippen LogP contribution is 2.30. The zero-order valence-electron chi connectivity index (χ0n) is 18.5. The third kappa shape index (κ3) is 4.92. The maximum Gasteiger partial charge on any atom is 0.259 e. The maximum atomic E-state index is 13.3. The fourth-order valence-electron chi connectivity index (χ4n) is 3.90. The standard InChI is InChI=1S/C27H29N3O/c1-20-8-11-22(12-9-20)25-14-13-24(19-28-25)27(31)30-17-5-7-23-18-21(10-15-26(23)30)6-4-16-29(2)3/h4,6,8-15,18-19H,5,7,16-17H2,1-3H3/b6-4+. The molecule has 0 saturated carbocycles. The molecule has 1 aliphatic rings. The van der Waals surface area contributed by atoms with Crippen LogP contribution in [0.4, 0.5) is 5.69 Å². The molecule has 0 atom stereocenters. The SMILES string of the molecule is Cc1ccc(-c2ccc(C(=O)N3CCCc4cc(/C=C/CN(C)C)ccc43)cn2)cc1. The van der Waals surface area contributed by atoms with Crippen molar-refractivity contribution in [1.82, 2.24) is 9.88 Å². The third-order valence-corrected chi connectivity index (χ3v) is 5.61. The molecule has 0 saturated heterocycles. The van der Waals surface area contributed by atoms with Crippen molar-refractivity contribution in [2.75, 3.05) is 32.1 Å². The number of anilines is 1. The molecular formula is C27H29N3O. The van der Waals surface area contributed by atoms with E-state index in [1.54, 1.807) is 6.20 Å². The first-order valence-corrected chi connectivity index (χ1v) is 10.8. The second-order valence-electron chi connectivity index (χ2n) is 8.41. The summed E-state index contributed by atoms with van der Waals surface area (Å²) < 4.78 is 0. The van der Waals surface area contributed by atoms with Gasteiger partial charge >= 0.3 is 0 Å². The Balaban J connectivity index is 1.53. The molecule has 0 aliphatic carbocycles. The van der Waals surface area contributed by atoms with Crippen LogP contribution in [0.2, 0.25) is 0 Å². The van der Waals surface area contributed by atoms with Gasteiger partial charge in [0.2, 0.25) is 0 Å². The molecule has 2 heterocycles. The molecule has 31 heavy (non-hydrogen) atoms. The number of carbonyl (C=O) groups excluding carboxylic acids is 1. The Labute approximate surface area is 184 Å². The highest BCUT2D eigenvalue weighted by atomic mass is 16.2. The first-order chi connectivity index (χ1) is 15.0. The van der Waals surface area contributed by atoms with Gasteiger partial charge in [0.1, 0.15) is 0 Å². The van der Waals surface area contributed by atoms with Crippen molar-refractivity contribution in [2.24, 2.45) is 0 Å². The van der Waals surface area contributed by atoms with E-state index >= 15 is 0 Å². The normalized spacial score (nSPS) is 13.6. The predicted molar refractivity (Wildman–Crippen MR) is 128 cm³/mol. The lowest BCUT2D eigenvalue weighted by atomic mass is 9.98. The van der Waals surface area contributed by atoms with E-state index in [9.17, 15) is 4.79 Å². The fraction of sp³-hybridized carbons (Fsp3) is 0.259. The van der Waals surface area contributed by atoms with Gasteiger partial charge in [0.15, 0.2) is 0 Å². The molecule has 1 aliphatic heterocycles. The quantitative estimate of drug-likeness (QED) is 0.577. The molecule has 0 fully saturated rings. The first-order valence-electron chi connectivity index (χ1n) is 10.8. The summed E-state index contributed by atoms with van der Waals surface area (Å²) in [6, 6.07) is 18.5. The summed E-state index contributed by atoms with van der Waals surface area (Å²) in [4.78, 5) is 21.8. The van der Waals surface area contributed by atoms with Crippen LogP contribution in [-0.4, -0.2) is 43.0 Å². The summed E-state index contributed by atoms with van der Waals surface area (Å²) in [6.07, 6.45) is 7.98. The molecular weight excluding hydrogens is 382 g/mol. The van der Waals surface area contributed by atoms with Crippen LogP contribution < -0.4 is 4.90 Å². The van der Waals surface area contributed by atoms with Gasteiger partial charge in [0.05, 0.1) is 11.3 Å². The lowest BCUT2D eigenvalue weighted by molar-refractivity contribution is 0.0985. The highest BCUT2D eigenvalue weighted by Gasteiger charge is 2.24. The van der Waals surface area contributed by atoms with E-state index in [4.69, 9.17) is 0 Å². The van der Waals surface area contributed by atoms with E-state index in [1.165, 1.54) is 16.7 Å². The minimum absolute atomic E-state index is 0.0137. The van der Waals surface area contributed by atoms with Gasteiger partial charge in [-0.1, -0.05) is 48.0 Å². The molecule has 0 N–H and O–H groups in total. The van der Waals surface area contributed by atoms with Gasteiger partial charge < -0.3 is 9.80 Å². The van der Waals surface area contributed by atoms with Crippen molar-refractivity contribution in [2.45, 2.75) is 19.8 Å². The number of likely N-dealkylation sites (N-methyl/N-ethyl adjacent to an activating group) is 1. The zero-order chi connectivity index (χ0) is 21.8. The lowest BCUT2D eigenvalue weighted by Crippen LogP contribution is -2.35. The smallest absolute Gasteiger partial charge is 0.259 e. The number of amides is 1. The molecule has 2 aromatic carbocycles. The Morgan fingerprint density at radius 2 is 1.90 bits per heavy atom. The lowest BCUT2D eigenvalue weighted by Gasteiger charge is -2.30. The molecule has 0 radical (unpaired) electrons. The molecule has 1 amide bonds. The monoisotopic (exact) mass is 411 g/mol. The Morgan fingerprint density at radius 1 is 1.10 bits per heavy atom. The summed E-state index contributed by atoms with van der Waals surface area (Å²) in [7, 11) is 4.12. The molecule has 0 bridgehead atoms. The molecule has 1 aromatic heterocycles. The first kappa shape index (κ1) is 21.0. The average molecular weight is 412 g/mol. The van der Waals surface area contributed by atoms with Crippen LogP contribution >= 0.6 is 0 Å². The van der Waals surface area contributed by atoms with E-state index in [1.807, 2.05) is 17.0 Å². The Morgan fingerprint density at radius 3 is 2.61 bits per heavy atom. The zero-order valence-corrected chi connectivity index (χ0v) is 18.5. The van der Waals surface area contributed by atoms with Crippen LogP contribution in [-0.2, 0) is 6.42 Å². The summed E-state index contributed by atoms with van der Waals surface area (Å²) in [5, 5.41) is 0. The number of aryl methyl sites for hydroxylation is 2. The topological polar surface area (TPSA) is 36.4 Å². The van der Waals surface area contributed by atoms with Gasteiger partial charge in [0, 0.05) is 30.5 Å². The molecule has 3 aromatic rings. The second kappa shape index (κ2) is 9.27. The number of carbonyl (C=O) groups is 1. The predicted octanol–water partition coefficient (Wildman–Crippen LogP) is 5.22. The van der Waals surface area contributed by atoms with Gasteiger partial charge in [-0.25, -0.2) is 0 Å². The maximum absolute atomic E-state index is 13.3. The summed E-state index contributed by atoms with van der Waals surface area (Å²) in [5.41, 5.74) is 7.21. The fourth-order valence-corrected chi connectivity index (χ4v) is 3.90. The summed E-state index contributed by atoms with van der Waals surface area (Å²) >= 11 is 0. The molecule has 4 heteroatoms. The largest absolute Gasteiger partial charge is 0.308 e. The van der Waals surface area contributed by atoms with Crippen LogP contribution in [0.5, 0.6) is 0 Å². The molecule has 158 valence electrons. The van der Waals surface area contributed by atoms with Crippen LogP contribution in [0.3, 0.4) is 0 Å². The van der Waals surface area contributed by atoms with Crippen LogP contribution in [0.25, 0.3) is 17.3 Å². The number of pyridine rings is 1. The van der Waals surface area contributed by atoms with Gasteiger partial charge in [-0.15, -0.1) is 0 Å². The van der Waals surface area contributed by atoms with Crippen LogP contribution in [0.1, 0.15) is 33.5 Å². The van der Waals surface area contributed by atoms with Gasteiger partial charge in [-0.05, 0) is 69.3 Å². The summed E-state index contributed by atoms with van der Waals surface area (Å²) in [6.45, 7) is 3.72. The molecule has 4 nitrogen and oxygen atoms in total. The number of nitrogens with zero attached hydrogens (tertiary/aromatic N) is 3. The highest BCUT2D eigenvalue weighted by molar-refractivity contribution is 6.06. The Kier molecular flexibility index (Phi) is 6.28. The van der Waals surface area contributed by atoms with Gasteiger partial charge in [-0.3, -0.25) is 9.78 Å². The van der Waals surface area contributed by atoms with E-state index in [0.717, 1.165) is 42.9 Å². The van der Waals surface area contributed by atoms with E-state index in [2.05, 4.69) is 85.5 Å². The van der Waals surface area contributed by atoms with E-state index < -0.39 is 0 Å². The van der Waals surface area contributed by atoms with Crippen molar-refractivity contribution in [3.8, 4) is 11.3 Å². The van der Waals surface area contributed by atoms with E-state index in [-0.39, 0.29) is 5.91 Å². The summed E-state index contributed by atoms with van der Waals surface area (Å²) in [5.74, 6) is 0.0137.